The third-order valence-corrected chi connectivity index (χ3v) is 4.59. The quantitative estimate of drug-likeness (QED) is 0.837. The highest BCUT2D eigenvalue weighted by Gasteiger charge is 2.16. The maximum absolute atomic E-state index is 12.2. The number of sulfone groups is 1. The fourth-order valence-electron chi connectivity index (χ4n) is 1.81. The number of fused-ring (bicyclic) bond motifs is 1. The van der Waals surface area contributed by atoms with Gasteiger partial charge in [-0.3, -0.25) is 4.98 Å². The van der Waals surface area contributed by atoms with E-state index in [0.29, 0.717) is 11.3 Å². The lowest BCUT2D eigenvalue weighted by molar-refractivity contribution is 0.593. The zero-order valence-corrected chi connectivity index (χ0v) is 10.6. The molecule has 0 atom stereocenters. The number of hydrogen-bond acceptors (Lipinski definition) is 3. The Balaban J connectivity index is 2.55. The highest BCUT2D eigenvalue weighted by atomic mass is 32.2. The van der Waals surface area contributed by atoms with Gasteiger partial charge in [0, 0.05) is 23.2 Å². The molecule has 3 nitrogen and oxygen atoms in total. The van der Waals surface area contributed by atoms with E-state index in [1.807, 2.05) is 13.0 Å². The molecule has 0 unspecified atom stereocenters. The smallest absolute Gasteiger partial charge is 0.178 e. The van der Waals surface area contributed by atoms with Crippen LogP contribution in [0.5, 0.6) is 0 Å². The van der Waals surface area contributed by atoms with Crippen molar-refractivity contribution in [1.29, 1.82) is 0 Å². The van der Waals surface area contributed by atoms with Gasteiger partial charge in [-0.05, 0) is 18.6 Å². The first-order chi connectivity index (χ1) is 8.15. The van der Waals surface area contributed by atoms with E-state index in [2.05, 4.69) is 4.98 Å². The summed E-state index contributed by atoms with van der Waals surface area (Å²) in [7, 11) is -3.18. The predicted octanol–water partition coefficient (Wildman–Crippen LogP) is 2.81. The van der Waals surface area contributed by atoms with Crippen LogP contribution in [-0.2, 0) is 9.84 Å². The second-order valence-electron chi connectivity index (χ2n) is 4.03. The number of aromatic nitrogens is 1. The summed E-state index contributed by atoms with van der Waals surface area (Å²) >= 11 is 0. The third kappa shape index (κ3) is 2.47. The average molecular weight is 249 g/mol. The van der Waals surface area contributed by atoms with E-state index < -0.39 is 9.84 Å². The van der Waals surface area contributed by atoms with E-state index in [9.17, 15) is 8.42 Å². The van der Waals surface area contributed by atoms with Crippen molar-refractivity contribution in [2.75, 3.05) is 5.75 Å². The van der Waals surface area contributed by atoms with Gasteiger partial charge in [0.2, 0.25) is 0 Å². The largest absolute Gasteiger partial charge is 0.264 e. The highest BCUT2D eigenvalue weighted by molar-refractivity contribution is 7.91. The summed E-state index contributed by atoms with van der Waals surface area (Å²) in [5.74, 6) is 0.213. The summed E-state index contributed by atoms with van der Waals surface area (Å²) in [4.78, 5) is 4.43. The van der Waals surface area contributed by atoms with Crippen molar-refractivity contribution >= 4 is 20.6 Å². The van der Waals surface area contributed by atoms with Gasteiger partial charge in [-0.1, -0.05) is 25.5 Å². The van der Waals surface area contributed by atoms with Crippen molar-refractivity contribution in [2.45, 2.75) is 24.7 Å². The van der Waals surface area contributed by atoms with Crippen LogP contribution in [0.1, 0.15) is 19.8 Å². The second kappa shape index (κ2) is 4.84. The maximum atomic E-state index is 12.2. The normalized spacial score (nSPS) is 11.8. The van der Waals surface area contributed by atoms with Gasteiger partial charge in [-0.15, -0.1) is 0 Å². The number of nitrogens with zero attached hydrogens (tertiary/aromatic N) is 1. The molecular weight excluding hydrogens is 234 g/mol. The summed E-state index contributed by atoms with van der Waals surface area (Å²) < 4.78 is 24.4. The molecule has 0 bridgehead atoms. The van der Waals surface area contributed by atoms with Crippen LogP contribution >= 0.6 is 0 Å². The fourth-order valence-corrected chi connectivity index (χ4v) is 3.50. The lowest BCUT2D eigenvalue weighted by Crippen LogP contribution is -2.07. The molecule has 1 heterocycles. The molecule has 0 radical (unpaired) electrons. The number of unbranched alkanes of at least 4 members (excludes halogenated alkanes) is 1. The molecule has 1 aromatic carbocycles. The van der Waals surface area contributed by atoms with Crippen LogP contribution < -0.4 is 0 Å². The Hall–Kier alpha value is -1.42. The van der Waals surface area contributed by atoms with E-state index in [4.69, 9.17) is 0 Å². The molecule has 2 aromatic rings. The molecule has 0 fully saturated rings. The Bertz CT molecular complexity index is 615. The monoisotopic (exact) mass is 249 g/mol. The molecule has 0 N–H and O–H groups in total. The molecule has 17 heavy (non-hydrogen) atoms. The van der Waals surface area contributed by atoms with Crippen LogP contribution in [0.3, 0.4) is 0 Å². The summed E-state index contributed by atoms with van der Waals surface area (Å²) in [6, 6.07) is 7.07. The number of benzene rings is 1. The number of hydrogen-bond donors (Lipinski definition) is 0. The van der Waals surface area contributed by atoms with Crippen LogP contribution in [0, 0.1) is 0 Å². The second-order valence-corrected chi connectivity index (χ2v) is 6.10. The third-order valence-electron chi connectivity index (χ3n) is 2.74. The van der Waals surface area contributed by atoms with Crippen molar-refractivity contribution in [3.63, 3.8) is 0 Å². The first kappa shape index (κ1) is 12.0. The molecular formula is C13H15NO2S. The highest BCUT2D eigenvalue weighted by Crippen LogP contribution is 2.23. The van der Waals surface area contributed by atoms with Gasteiger partial charge in [0.15, 0.2) is 9.84 Å². The van der Waals surface area contributed by atoms with E-state index in [1.165, 1.54) is 0 Å². The van der Waals surface area contributed by atoms with Crippen molar-refractivity contribution in [2.24, 2.45) is 0 Å². The van der Waals surface area contributed by atoms with Crippen molar-refractivity contribution in [3.05, 3.63) is 36.7 Å². The van der Waals surface area contributed by atoms with Gasteiger partial charge in [0.05, 0.1) is 10.6 Å². The van der Waals surface area contributed by atoms with Gasteiger partial charge in [-0.2, -0.15) is 0 Å². The van der Waals surface area contributed by atoms with Crippen molar-refractivity contribution in [3.8, 4) is 0 Å². The van der Waals surface area contributed by atoms with Crippen LogP contribution in [-0.4, -0.2) is 19.2 Å². The molecule has 0 amide bonds. The Morgan fingerprint density at radius 1 is 1.24 bits per heavy atom. The fraction of sp³-hybridized carbons (Fsp3) is 0.308. The lowest BCUT2D eigenvalue weighted by Gasteiger charge is -2.07. The number of pyridine rings is 1. The molecule has 90 valence electrons. The SMILES string of the molecule is CCCCS(=O)(=O)c1cccc2cnccc12. The van der Waals surface area contributed by atoms with E-state index in [1.54, 1.807) is 30.6 Å². The minimum absolute atomic E-state index is 0.213. The predicted molar refractivity (Wildman–Crippen MR) is 68.7 cm³/mol. The van der Waals surface area contributed by atoms with Gasteiger partial charge in [0.25, 0.3) is 0 Å². The Morgan fingerprint density at radius 2 is 2.06 bits per heavy atom. The van der Waals surface area contributed by atoms with E-state index >= 15 is 0 Å². The molecule has 4 heteroatoms. The Morgan fingerprint density at radius 3 is 2.82 bits per heavy atom. The standard InChI is InChI=1S/C13H15NO2S/c1-2-3-9-17(15,16)13-6-4-5-11-10-14-8-7-12(11)13/h4-8,10H,2-3,9H2,1H3. The van der Waals surface area contributed by atoms with E-state index in [-0.39, 0.29) is 5.75 Å². The molecule has 0 aliphatic heterocycles. The van der Waals surface area contributed by atoms with Crippen LogP contribution in [0.2, 0.25) is 0 Å². The summed E-state index contributed by atoms with van der Waals surface area (Å²) in [5.41, 5.74) is 0. The molecule has 0 aliphatic carbocycles. The molecule has 0 spiro atoms. The molecule has 0 aliphatic rings. The molecule has 1 aromatic heterocycles. The van der Waals surface area contributed by atoms with Gasteiger partial charge in [0.1, 0.15) is 0 Å². The lowest BCUT2D eigenvalue weighted by atomic mass is 10.2. The van der Waals surface area contributed by atoms with E-state index in [0.717, 1.165) is 17.2 Å². The van der Waals surface area contributed by atoms with Crippen molar-refractivity contribution < 1.29 is 8.42 Å². The zero-order valence-electron chi connectivity index (χ0n) is 9.76. The van der Waals surface area contributed by atoms with Crippen LogP contribution in [0.25, 0.3) is 10.8 Å². The van der Waals surface area contributed by atoms with Gasteiger partial charge in [-0.25, -0.2) is 8.42 Å². The summed E-state index contributed by atoms with van der Waals surface area (Å²) in [6.07, 6.45) is 4.89. The average Bonchev–Trinajstić information content (AvgIpc) is 2.36. The summed E-state index contributed by atoms with van der Waals surface area (Å²) in [5, 5.41) is 1.63. The Labute approximate surface area is 101 Å². The minimum atomic E-state index is -3.18. The van der Waals surface area contributed by atoms with Crippen LogP contribution in [0.15, 0.2) is 41.6 Å². The summed E-state index contributed by atoms with van der Waals surface area (Å²) in [6.45, 7) is 1.99. The Kier molecular flexibility index (Phi) is 3.43. The van der Waals surface area contributed by atoms with Crippen molar-refractivity contribution in [1.82, 2.24) is 4.98 Å². The first-order valence-electron chi connectivity index (χ1n) is 5.70. The minimum Gasteiger partial charge on any atom is -0.264 e. The van der Waals surface area contributed by atoms with Crippen LogP contribution in [0.4, 0.5) is 0 Å². The molecule has 0 saturated heterocycles. The first-order valence-corrected chi connectivity index (χ1v) is 7.36. The maximum Gasteiger partial charge on any atom is 0.178 e. The van der Waals surface area contributed by atoms with Gasteiger partial charge < -0.3 is 0 Å². The molecule has 0 saturated carbocycles. The van der Waals surface area contributed by atoms with Gasteiger partial charge >= 0.3 is 0 Å². The number of rotatable bonds is 4. The zero-order chi connectivity index (χ0) is 12.3. The topological polar surface area (TPSA) is 47.0 Å². The molecule has 2 rings (SSSR count).